The summed E-state index contributed by atoms with van der Waals surface area (Å²) in [7, 11) is 0. The molecule has 0 saturated carbocycles. The average molecular weight is 275 g/mol. The molecule has 0 bridgehead atoms. The third-order valence-electron chi connectivity index (χ3n) is 2.39. The molecular weight excluding hydrogens is 250 g/mol. The molecule has 19 heavy (non-hydrogen) atoms. The first kappa shape index (κ1) is 17.7. The van der Waals surface area contributed by atoms with Crippen LogP contribution < -0.4 is 5.32 Å². The molecule has 0 radical (unpaired) electrons. The van der Waals surface area contributed by atoms with Gasteiger partial charge >= 0.3 is 12.1 Å². The smallest absolute Gasteiger partial charge is 0.408 e. The van der Waals surface area contributed by atoms with Crippen molar-refractivity contribution in [1.82, 2.24) is 5.32 Å². The third-order valence-corrected chi connectivity index (χ3v) is 2.39. The number of nitrogens with one attached hydrogen (secondary N) is 1. The van der Waals surface area contributed by atoms with Crippen molar-refractivity contribution in [2.24, 2.45) is 0 Å². The van der Waals surface area contributed by atoms with Gasteiger partial charge < -0.3 is 19.9 Å². The number of carbonyl (C=O) groups is 2. The molecule has 0 spiro atoms. The molecule has 1 amide bonds. The van der Waals surface area contributed by atoms with E-state index in [-0.39, 0.29) is 0 Å². The molecule has 0 fully saturated rings. The second-order valence-corrected chi connectivity index (χ2v) is 5.92. The van der Waals surface area contributed by atoms with Gasteiger partial charge in [-0.25, -0.2) is 9.59 Å². The maximum absolute atomic E-state index is 11.8. The fraction of sp³-hybridized carbons (Fsp3) is 0.846. The number of aliphatic hydroxyl groups is 1. The van der Waals surface area contributed by atoms with Crippen molar-refractivity contribution in [2.75, 3.05) is 6.61 Å². The summed E-state index contributed by atoms with van der Waals surface area (Å²) < 4.78 is 10.2. The van der Waals surface area contributed by atoms with Gasteiger partial charge in [0.25, 0.3) is 0 Å². The van der Waals surface area contributed by atoms with Gasteiger partial charge in [-0.2, -0.15) is 0 Å². The highest BCUT2D eigenvalue weighted by Gasteiger charge is 2.29. The number of alkyl carbamates (subject to hydrolysis) is 1. The van der Waals surface area contributed by atoms with Gasteiger partial charge in [0, 0.05) is 0 Å². The fourth-order valence-corrected chi connectivity index (χ4v) is 1.04. The van der Waals surface area contributed by atoms with E-state index in [9.17, 15) is 9.59 Å². The van der Waals surface area contributed by atoms with Crippen LogP contribution in [0.4, 0.5) is 4.79 Å². The number of hydrogen-bond donors (Lipinski definition) is 2. The van der Waals surface area contributed by atoms with Crippen LogP contribution in [0.3, 0.4) is 0 Å². The lowest BCUT2D eigenvalue weighted by molar-refractivity contribution is -0.160. The van der Waals surface area contributed by atoms with E-state index in [4.69, 9.17) is 14.6 Å². The van der Waals surface area contributed by atoms with E-state index in [0.29, 0.717) is 6.42 Å². The van der Waals surface area contributed by atoms with Crippen LogP contribution in [0.25, 0.3) is 0 Å². The molecule has 0 rings (SSSR count). The Kier molecular flexibility index (Phi) is 6.29. The van der Waals surface area contributed by atoms with Crippen molar-refractivity contribution < 1.29 is 24.2 Å². The van der Waals surface area contributed by atoms with Gasteiger partial charge in [0.2, 0.25) is 0 Å². The molecule has 6 heteroatoms. The van der Waals surface area contributed by atoms with Crippen molar-refractivity contribution in [2.45, 2.75) is 65.2 Å². The topological polar surface area (TPSA) is 84.9 Å². The SMILES string of the molecule is CCC(C)(C)OC(=O)[C@H](CO)NC(=O)OC(C)(C)C. The molecule has 0 aliphatic heterocycles. The molecule has 0 aromatic carbocycles. The van der Waals surface area contributed by atoms with E-state index < -0.39 is 35.9 Å². The van der Waals surface area contributed by atoms with Crippen LogP contribution in [0.15, 0.2) is 0 Å². The summed E-state index contributed by atoms with van der Waals surface area (Å²) in [6, 6.07) is -1.12. The van der Waals surface area contributed by atoms with Gasteiger partial charge in [-0.15, -0.1) is 0 Å². The van der Waals surface area contributed by atoms with Gasteiger partial charge in [-0.1, -0.05) is 6.92 Å². The van der Waals surface area contributed by atoms with Crippen LogP contribution in [0.2, 0.25) is 0 Å². The van der Waals surface area contributed by atoms with Gasteiger partial charge in [-0.3, -0.25) is 0 Å². The van der Waals surface area contributed by atoms with Crippen LogP contribution in [-0.2, 0) is 14.3 Å². The van der Waals surface area contributed by atoms with Crippen molar-refractivity contribution >= 4 is 12.1 Å². The molecule has 0 unspecified atom stereocenters. The number of carbonyl (C=O) groups excluding carboxylic acids is 2. The van der Waals surface area contributed by atoms with E-state index in [1.807, 2.05) is 6.92 Å². The van der Waals surface area contributed by atoms with Crippen molar-refractivity contribution in [3.05, 3.63) is 0 Å². The molecule has 6 nitrogen and oxygen atoms in total. The predicted octanol–water partition coefficient (Wildman–Crippen LogP) is 1.60. The van der Waals surface area contributed by atoms with Crippen molar-refractivity contribution in [3.63, 3.8) is 0 Å². The second-order valence-electron chi connectivity index (χ2n) is 5.92. The Labute approximate surface area is 114 Å². The van der Waals surface area contributed by atoms with E-state index in [2.05, 4.69) is 5.32 Å². The summed E-state index contributed by atoms with van der Waals surface area (Å²) in [6.45, 7) is 9.97. The number of ether oxygens (including phenoxy) is 2. The van der Waals surface area contributed by atoms with E-state index in [1.54, 1.807) is 34.6 Å². The zero-order chi connectivity index (χ0) is 15.3. The Hall–Kier alpha value is -1.30. The number of esters is 1. The summed E-state index contributed by atoms with van der Waals surface area (Å²) in [5, 5.41) is 11.4. The van der Waals surface area contributed by atoms with Gasteiger partial charge in [0.15, 0.2) is 6.04 Å². The summed E-state index contributed by atoms with van der Waals surface area (Å²) >= 11 is 0. The van der Waals surface area contributed by atoms with E-state index >= 15 is 0 Å². The number of rotatable bonds is 5. The first-order valence-corrected chi connectivity index (χ1v) is 6.34. The van der Waals surface area contributed by atoms with Crippen molar-refractivity contribution in [3.8, 4) is 0 Å². The summed E-state index contributed by atoms with van der Waals surface area (Å²) in [5.41, 5.74) is -1.31. The van der Waals surface area contributed by atoms with Crippen LogP contribution in [0.1, 0.15) is 48.0 Å². The maximum atomic E-state index is 11.8. The molecule has 0 aromatic rings. The van der Waals surface area contributed by atoms with Crippen LogP contribution in [-0.4, -0.2) is 41.0 Å². The lowest BCUT2D eigenvalue weighted by atomic mass is 10.1. The molecule has 1 atom stereocenters. The molecule has 0 aliphatic carbocycles. The van der Waals surface area contributed by atoms with Gasteiger partial charge in [0.1, 0.15) is 11.2 Å². The molecule has 0 aromatic heterocycles. The summed E-state index contributed by atoms with van der Waals surface area (Å²) in [6.07, 6.45) is -0.138. The van der Waals surface area contributed by atoms with E-state index in [0.717, 1.165) is 0 Å². The average Bonchev–Trinajstić information content (AvgIpc) is 2.22. The minimum atomic E-state index is -1.12. The molecular formula is C13H25NO5. The highest BCUT2D eigenvalue weighted by atomic mass is 16.6. The lowest BCUT2D eigenvalue weighted by Gasteiger charge is -2.27. The molecule has 2 N–H and O–H groups in total. The highest BCUT2D eigenvalue weighted by molar-refractivity contribution is 5.81. The monoisotopic (exact) mass is 275 g/mol. The van der Waals surface area contributed by atoms with E-state index in [1.165, 1.54) is 0 Å². The fourth-order valence-electron chi connectivity index (χ4n) is 1.04. The van der Waals surface area contributed by atoms with Gasteiger partial charge in [-0.05, 0) is 41.0 Å². The lowest BCUT2D eigenvalue weighted by Crippen LogP contribution is -2.48. The Bertz CT molecular complexity index is 319. The minimum absolute atomic E-state index is 0.544. The first-order valence-electron chi connectivity index (χ1n) is 6.34. The number of aliphatic hydroxyl groups excluding tert-OH is 1. The van der Waals surface area contributed by atoms with Crippen LogP contribution >= 0.6 is 0 Å². The highest BCUT2D eigenvalue weighted by Crippen LogP contribution is 2.14. The summed E-state index contributed by atoms with van der Waals surface area (Å²) in [5.74, 6) is -0.680. The zero-order valence-corrected chi connectivity index (χ0v) is 12.6. The Morgan fingerprint density at radius 2 is 1.68 bits per heavy atom. The zero-order valence-electron chi connectivity index (χ0n) is 12.6. The molecule has 0 saturated heterocycles. The normalized spacial score (nSPS) is 13.6. The maximum Gasteiger partial charge on any atom is 0.408 e. The largest absolute Gasteiger partial charge is 0.458 e. The molecule has 112 valence electrons. The predicted molar refractivity (Wildman–Crippen MR) is 70.7 cm³/mol. The Morgan fingerprint density at radius 3 is 2.05 bits per heavy atom. The Morgan fingerprint density at radius 1 is 1.16 bits per heavy atom. The summed E-state index contributed by atoms with van der Waals surface area (Å²) in [4.78, 5) is 23.3. The first-order chi connectivity index (χ1) is 8.50. The van der Waals surface area contributed by atoms with Crippen LogP contribution in [0, 0.1) is 0 Å². The molecule has 0 heterocycles. The van der Waals surface area contributed by atoms with Crippen LogP contribution in [0.5, 0.6) is 0 Å². The standard InChI is InChI=1S/C13H25NO5/c1-7-13(5,6)18-10(16)9(8-15)14-11(17)19-12(2,3)4/h9,15H,7-8H2,1-6H3,(H,14,17)/t9-/m0/s1. The minimum Gasteiger partial charge on any atom is -0.458 e. The number of hydrogen-bond acceptors (Lipinski definition) is 5. The third kappa shape index (κ3) is 7.66. The second kappa shape index (κ2) is 6.75. The number of amides is 1. The Balaban J connectivity index is 4.51. The molecule has 0 aliphatic rings. The van der Waals surface area contributed by atoms with Crippen molar-refractivity contribution in [1.29, 1.82) is 0 Å². The quantitative estimate of drug-likeness (QED) is 0.744. The van der Waals surface area contributed by atoms with Gasteiger partial charge in [0.05, 0.1) is 6.61 Å².